The molecule has 4 aromatic rings. The van der Waals surface area contributed by atoms with E-state index < -0.39 is 66.9 Å². The molecule has 1 aliphatic carbocycles. The van der Waals surface area contributed by atoms with Crippen molar-refractivity contribution in [2.75, 3.05) is 6.61 Å². The van der Waals surface area contributed by atoms with Gasteiger partial charge in [0.25, 0.3) is 0 Å². The van der Waals surface area contributed by atoms with Crippen molar-refractivity contribution < 1.29 is 52.9 Å². The van der Waals surface area contributed by atoms with Crippen LogP contribution in [-0.4, -0.2) is 89.8 Å². The zero-order valence-electron chi connectivity index (χ0n) is 33.3. The van der Waals surface area contributed by atoms with Crippen molar-refractivity contribution in [1.82, 2.24) is 0 Å². The van der Waals surface area contributed by atoms with E-state index in [1.165, 1.54) is 6.92 Å². The number of carbonyl (C=O) groups is 1. The standard InChI is InChI=1S/C47H56O11/c1-32-39(52-29-34-20-10-4-11-21-34)40(41(57-44(49)36-24-14-6-15-25-36)45(54-32)55-37-26-16-7-17-27-37)58-46-42(48)47(2,50)43(53-30-35-22-12-5-13-23-35)38(56-46)31-51-28-33-18-8-3-9-19-33/h3-6,8-15,18-25,32,37-43,45-46,48,50H,7,16-17,26-31H2,1-2H3/t32-,38+,39-,40+,41+,42+,43+,45-,46+,47+/m0/s1. The van der Waals surface area contributed by atoms with Gasteiger partial charge < -0.3 is 48.1 Å². The summed E-state index contributed by atoms with van der Waals surface area (Å²) < 4.78 is 52.0. The molecule has 1 saturated carbocycles. The summed E-state index contributed by atoms with van der Waals surface area (Å²) in [5, 5.41) is 24.2. The summed E-state index contributed by atoms with van der Waals surface area (Å²) in [6, 6.07) is 37.7. The molecule has 0 amide bonds. The first-order valence-corrected chi connectivity index (χ1v) is 20.5. The summed E-state index contributed by atoms with van der Waals surface area (Å²) in [5.74, 6) is -0.602. The van der Waals surface area contributed by atoms with E-state index >= 15 is 0 Å². The predicted molar refractivity (Wildman–Crippen MR) is 214 cm³/mol. The van der Waals surface area contributed by atoms with Crippen molar-refractivity contribution in [3.8, 4) is 0 Å². The fourth-order valence-electron chi connectivity index (χ4n) is 7.95. The largest absolute Gasteiger partial charge is 0.450 e. The third kappa shape index (κ3) is 10.8. The van der Waals surface area contributed by atoms with Gasteiger partial charge in [0.05, 0.1) is 44.2 Å². The molecular formula is C47H56O11. The van der Waals surface area contributed by atoms with E-state index in [4.69, 9.17) is 37.9 Å². The molecular weight excluding hydrogens is 741 g/mol. The van der Waals surface area contributed by atoms with Crippen LogP contribution in [0.1, 0.15) is 73.0 Å². The molecule has 4 aromatic carbocycles. The Morgan fingerprint density at radius 1 is 0.672 bits per heavy atom. The van der Waals surface area contributed by atoms with E-state index in [0.29, 0.717) is 5.56 Å². The minimum absolute atomic E-state index is 0.00896. The number of aliphatic hydroxyl groups excluding tert-OH is 1. The summed E-state index contributed by atoms with van der Waals surface area (Å²) in [5.41, 5.74) is 1.21. The number of ether oxygens (including phenoxy) is 8. The fraction of sp³-hybridized carbons (Fsp3) is 0.468. The van der Waals surface area contributed by atoms with E-state index in [-0.39, 0.29) is 32.5 Å². The molecule has 0 spiro atoms. The molecule has 3 aliphatic rings. The van der Waals surface area contributed by atoms with Gasteiger partial charge in [0, 0.05) is 0 Å². The quantitative estimate of drug-likeness (QED) is 0.115. The Hall–Kier alpha value is -4.01. The molecule has 2 aliphatic heterocycles. The molecule has 0 bridgehead atoms. The van der Waals surface area contributed by atoms with E-state index in [9.17, 15) is 15.0 Å². The monoisotopic (exact) mass is 796 g/mol. The van der Waals surface area contributed by atoms with Gasteiger partial charge in [-0.3, -0.25) is 0 Å². The van der Waals surface area contributed by atoms with Crippen LogP contribution in [0.25, 0.3) is 0 Å². The summed E-state index contributed by atoms with van der Waals surface area (Å²) in [7, 11) is 0. The first kappa shape index (κ1) is 42.1. The molecule has 3 fully saturated rings. The normalized spacial score (nSPS) is 30.4. The second kappa shape index (κ2) is 20.3. The molecule has 11 nitrogen and oxygen atoms in total. The van der Waals surface area contributed by atoms with Gasteiger partial charge in [-0.15, -0.1) is 0 Å². The van der Waals surface area contributed by atoms with Gasteiger partial charge >= 0.3 is 5.97 Å². The lowest BCUT2D eigenvalue weighted by molar-refractivity contribution is -0.379. The Morgan fingerprint density at radius 2 is 1.22 bits per heavy atom. The zero-order valence-corrected chi connectivity index (χ0v) is 33.3. The highest BCUT2D eigenvalue weighted by atomic mass is 16.8. The molecule has 2 heterocycles. The van der Waals surface area contributed by atoms with Gasteiger partial charge in [0.1, 0.15) is 36.1 Å². The Balaban J connectivity index is 1.20. The van der Waals surface area contributed by atoms with Crippen molar-refractivity contribution in [1.29, 1.82) is 0 Å². The van der Waals surface area contributed by atoms with E-state index in [2.05, 4.69) is 0 Å². The van der Waals surface area contributed by atoms with Crippen LogP contribution in [-0.2, 0) is 57.7 Å². The van der Waals surface area contributed by atoms with Gasteiger partial charge in [-0.05, 0) is 55.5 Å². The molecule has 2 saturated heterocycles. The maximum Gasteiger partial charge on any atom is 0.338 e. The first-order valence-electron chi connectivity index (χ1n) is 20.5. The van der Waals surface area contributed by atoms with E-state index in [1.54, 1.807) is 24.3 Å². The first-order chi connectivity index (χ1) is 28.3. The minimum atomic E-state index is -1.89. The average Bonchev–Trinajstić information content (AvgIpc) is 3.25. The lowest BCUT2D eigenvalue weighted by Crippen LogP contribution is -2.69. The maximum atomic E-state index is 13.9. The highest BCUT2D eigenvalue weighted by molar-refractivity contribution is 5.89. The number of benzene rings is 4. The van der Waals surface area contributed by atoms with Crippen LogP contribution in [0.2, 0.25) is 0 Å². The van der Waals surface area contributed by atoms with Crippen LogP contribution in [0, 0.1) is 0 Å². The third-order valence-corrected chi connectivity index (χ3v) is 11.2. The smallest absolute Gasteiger partial charge is 0.338 e. The third-order valence-electron chi connectivity index (χ3n) is 11.2. The Labute approximate surface area is 341 Å². The molecule has 11 heteroatoms. The zero-order chi connectivity index (χ0) is 40.3. The Bertz CT molecular complexity index is 1810. The highest BCUT2D eigenvalue weighted by Gasteiger charge is 2.57. The SMILES string of the molecule is C[C@@H]1O[C@@H](OC2CCCCC2)[C@H](OC(=O)c2ccccc2)[C@H](O[C@H]2O[C@H](COCc3ccccc3)[C@@H](OCc3ccccc3)[C@](C)(O)[C@@H]2O)[C@H]1OCc1ccccc1. The van der Waals surface area contributed by atoms with Crippen LogP contribution < -0.4 is 0 Å². The average molecular weight is 797 g/mol. The molecule has 7 rings (SSSR count). The van der Waals surface area contributed by atoms with Gasteiger partial charge in [-0.1, -0.05) is 128 Å². The topological polar surface area (TPSA) is 131 Å². The van der Waals surface area contributed by atoms with Crippen LogP contribution in [0.3, 0.4) is 0 Å². The van der Waals surface area contributed by atoms with Crippen molar-refractivity contribution in [3.05, 3.63) is 144 Å². The molecule has 0 unspecified atom stereocenters. The van der Waals surface area contributed by atoms with Gasteiger partial charge in [0.2, 0.25) is 0 Å². The Kier molecular flexibility index (Phi) is 14.7. The number of hydrogen-bond acceptors (Lipinski definition) is 11. The second-order valence-electron chi connectivity index (χ2n) is 15.6. The number of hydrogen-bond donors (Lipinski definition) is 2. The predicted octanol–water partition coefficient (Wildman–Crippen LogP) is 6.92. The number of aliphatic hydroxyl groups is 2. The minimum Gasteiger partial charge on any atom is -0.450 e. The highest BCUT2D eigenvalue weighted by Crippen LogP contribution is 2.38. The number of esters is 1. The lowest BCUT2D eigenvalue weighted by Gasteiger charge is -2.51. The molecule has 0 aromatic heterocycles. The second-order valence-corrected chi connectivity index (χ2v) is 15.6. The van der Waals surface area contributed by atoms with Crippen molar-refractivity contribution in [2.45, 2.75) is 133 Å². The summed E-state index contributed by atoms with van der Waals surface area (Å²) in [6.07, 6.45) is -4.96. The molecule has 310 valence electrons. The molecule has 58 heavy (non-hydrogen) atoms. The summed E-state index contributed by atoms with van der Waals surface area (Å²) in [4.78, 5) is 13.9. The van der Waals surface area contributed by atoms with Gasteiger partial charge in [0.15, 0.2) is 18.7 Å². The van der Waals surface area contributed by atoms with Crippen molar-refractivity contribution >= 4 is 5.97 Å². The molecule has 2 N–H and O–H groups in total. The van der Waals surface area contributed by atoms with Gasteiger partial charge in [-0.25, -0.2) is 4.79 Å². The summed E-state index contributed by atoms with van der Waals surface area (Å²) >= 11 is 0. The van der Waals surface area contributed by atoms with Crippen LogP contribution in [0.15, 0.2) is 121 Å². The van der Waals surface area contributed by atoms with E-state index in [0.717, 1.165) is 48.8 Å². The van der Waals surface area contributed by atoms with Crippen LogP contribution in [0.4, 0.5) is 0 Å². The van der Waals surface area contributed by atoms with Crippen LogP contribution >= 0.6 is 0 Å². The summed E-state index contributed by atoms with van der Waals surface area (Å²) in [6.45, 7) is 4.02. The van der Waals surface area contributed by atoms with Gasteiger partial charge in [-0.2, -0.15) is 0 Å². The molecule has 0 radical (unpaired) electrons. The lowest BCUT2D eigenvalue weighted by atomic mass is 9.85. The maximum absolute atomic E-state index is 13.9. The van der Waals surface area contributed by atoms with Crippen molar-refractivity contribution in [2.24, 2.45) is 0 Å². The van der Waals surface area contributed by atoms with Crippen LogP contribution in [0.5, 0.6) is 0 Å². The van der Waals surface area contributed by atoms with E-state index in [1.807, 2.05) is 104 Å². The number of rotatable bonds is 16. The number of carbonyl (C=O) groups excluding carboxylic acids is 1. The molecule has 10 atom stereocenters. The fourth-order valence-corrected chi connectivity index (χ4v) is 7.95. The van der Waals surface area contributed by atoms with Crippen molar-refractivity contribution in [3.63, 3.8) is 0 Å². The Morgan fingerprint density at radius 3 is 1.83 bits per heavy atom.